The standard InChI is InChI=1S/C20H25N5O5/c1-20(2,3)30-19(27)23-11-8-14(9-12-23)21-18(26)17-10-13-24(22-17)15-4-6-16(7-5-15)25(28)29/h4-7,10,13-14H,8-9,11-12H2,1-3H3,(H,21,26). The van der Waals surface area contributed by atoms with Gasteiger partial charge in [-0.25, -0.2) is 9.48 Å². The van der Waals surface area contributed by atoms with Crippen LogP contribution in [0, 0.1) is 10.1 Å². The number of carbonyl (C=O) groups is 2. The Kier molecular flexibility index (Phi) is 6.04. The van der Waals surface area contributed by atoms with Gasteiger partial charge in [-0.1, -0.05) is 0 Å². The van der Waals surface area contributed by atoms with Crippen LogP contribution in [0.2, 0.25) is 0 Å². The van der Waals surface area contributed by atoms with E-state index in [4.69, 9.17) is 4.74 Å². The predicted octanol–water partition coefficient (Wildman–Crippen LogP) is 2.91. The first-order valence-corrected chi connectivity index (χ1v) is 9.72. The summed E-state index contributed by atoms with van der Waals surface area (Å²) in [4.78, 5) is 36.6. The third kappa shape index (κ3) is 5.34. The van der Waals surface area contributed by atoms with Gasteiger partial charge in [0.05, 0.1) is 10.6 Å². The molecule has 1 aliphatic heterocycles. The first-order chi connectivity index (χ1) is 14.1. The highest BCUT2D eigenvalue weighted by Gasteiger charge is 2.28. The maximum Gasteiger partial charge on any atom is 0.410 e. The van der Waals surface area contributed by atoms with Gasteiger partial charge in [-0.05, 0) is 51.8 Å². The molecule has 2 aromatic rings. The number of piperidine rings is 1. The minimum Gasteiger partial charge on any atom is -0.444 e. The molecule has 10 heteroatoms. The Morgan fingerprint density at radius 1 is 1.17 bits per heavy atom. The number of rotatable bonds is 4. The molecule has 1 aromatic carbocycles. The molecule has 1 aliphatic rings. The van der Waals surface area contributed by atoms with E-state index >= 15 is 0 Å². The quantitative estimate of drug-likeness (QED) is 0.606. The minimum absolute atomic E-state index is 0.0124. The molecule has 0 aliphatic carbocycles. The third-order valence-corrected chi connectivity index (χ3v) is 4.63. The van der Waals surface area contributed by atoms with Crippen molar-refractivity contribution in [1.82, 2.24) is 20.0 Å². The van der Waals surface area contributed by atoms with Crippen LogP contribution in [0.4, 0.5) is 10.5 Å². The van der Waals surface area contributed by atoms with Crippen LogP contribution in [0.25, 0.3) is 5.69 Å². The molecule has 3 rings (SSSR count). The van der Waals surface area contributed by atoms with Crippen LogP contribution in [-0.4, -0.2) is 56.3 Å². The molecule has 1 fully saturated rings. The van der Waals surface area contributed by atoms with Crippen molar-refractivity contribution in [2.24, 2.45) is 0 Å². The number of benzene rings is 1. The predicted molar refractivity (Wildman–Crippen MR) is 109 cm³/mol. The summed E-state index contributed by atoms with van der Waals surface area (Å²) in [5.74, 6) is -0.300. The van der Waals surface area contributed by atoms with Crippen LogP contribution >= 0.6 is 0 Å². The van der Waals surface area contributed by atoms with Crippen LogP contribution in [0.3, 0.4) is 0 Å². The lowest BCUT2D eigenvalue weighted by molar-refractivity contribution is -0.384. The molecule has 2 amide bonds. The van der Waals surface area contributed by atoms with Crippen molar-refractivity contribution in [1.29, 1.82) is 0 Å². The molecule has 10 nitrogen and oxygen atoms in total. The third-order valence-electron chi connectivity index (χ3n) is 4.63. The largest absolute Gasteiger partial charge is 0.444 e. The second-order valence-electron chi connectivity index (χ2n) is 8.13. The smallest absolute Gasteiger partial charge is 0.410 e. The lowest BCUT2D eigenvalue weighted by Gasteiger charge is -2.33. The second-order valence-corrected chi connectivity index (χ2v) is 8.13. The lowest BCUT2D eigenvalue weighted by Crippen LogP contribution is -2.47. The summed E-state index contributed by atoms with van der Waals surface area (Å²) in [6.45, 7) is 6.50. The normalized spacial score (nSPS) is 15.0. The fourth-order valence-electron chi connectivity index (χ4n) is 3.11. The van der Waals surface area contributed by atoms with Crippen molar-refractivity contribution in [3.63, 3.8) is 0 Å². The lowest BCUT2D eigenvalue weighted by atomic mass is 10.1. The maximum atomic E-state index is 12.5. The van der Waals surface area contributed by atoms with Gasteiger partial charge in [-0.2, -0.15) is 5.10 Å². The first kappa shape index (κ1) is 21.3. The fraction of sp³-hybridized carbons (Fsp3) is 0.450. The van der Waals surface area contributed by atoms with Gasteiger partial charge >= 0.3 is 6.09 Å². The Bertz CT molecular complexity index is 924. The van der Waals surface area contributed by atoms with E-state index in [0.717, 1.165) is 0 Å². The summed E-state index contributed by atoms with van der Waals surface area (Å²) in [7, 11) is 0. The number of likely N-dealkylation sites (tertiary alicyclic amines) is 1. The first-order valence-electron chi connectivity index (χ1n) is 9.72. The maximum absolute atomic E-state index is 12.5. The Labute approximate surface area is 174 Å². The highest BCUT2D eigenvalue weighted by molar-refractivity contribution is 5.92. The Morgan fingerprint density at radius 2 is 1.80 bits per heavy atom. The number of hydrogen-bond acceptors (Lipinski definition) is 6. The molecule has 1 N–H and O–H groups in total. The molecule has 0 spiro atoms. The number of aromatic nitrogens is 2. The van der Waals surface area contributed by atoms with Gasteiger partial charge < -0.3 is 15.0 Å². The van der Waals surface area contributed by atoms with Gasteiger partial charge in [0.2, 0.25) is 0 Å². The molecule has 0 bridgehead atoms. The Morgan fingerprint density at radius 3 is 2.37 bits per heavy atom. The van der Waals surface area contributed by atoms with E-state index in [1.54, 1.807) is 29.3 Å². The van der Waals surface area contributed by atoms with Gasteiger partial charge in [-0.15, -0.1) is 0 Å². The van der Waals surface area contributed by atoms with Crippen LogP contribution in [0.15, 0.2) is 36.5 Å². The molecular weight excluding hydrogens is 390 g/mol. The number of carbonyl (C=O) groups excluding carboxylic acids is 2. The van der Waals surface area contributed by atoms with Gasteiger partial charge in [0.1, 0.15) is 5.60 Å². The molecule has 1 saturated heterocycles. The van der Waals surface area contributed by atoms with Crippen molar-refractivity contribution in [2.75, 3.05) is 13.1 Å². The fourth-order valence-corrected chi connectivity index (χ4v) is 3.11. The van der Waals surface area contributed by atoms with E-state index in [-0.39, 0.29) is 29.4 Å². The summed E-state index contributed by atoms with van der Waals surface area (Å²) < 4.78 is 6.87. The van der Waals surface area contributed by atoms with Crippen molar-refractivity contribution in [2.45, 2.75) is 45.3 Å². The van der Waals surface area contributed by atoms with Gasteiger partial charge in [0, 0.05) is 37.5 Å². The van der Waals surface area contributed by atoms with Gasteiger partial charge in [0.25, 0.3) is 11.6 Å². The number of ether oxygens (including phenoxy) is 1. The topological polar surface area (TPSA) is 120 Å². The van der Waals surface area contributed by atoms with Crippen molar-refractivity contribution < 1.29 is 19.2 Å². The molecule has 0 saturated carbocycles. The number of non-ortho nitro benzene ring substituents is 1. The van der Waals surface area contributed by atoms with Crippen LogP contribution in [-0.2, 0) is 4.74 Å². The molecule has 0 radical (unpaired) electrons. The number of hydrogen-bond donors (Lipinski definition) is 1. The van der Waals surface area contributed by atoms with E-state index in [2.05, 4.69) is 10.4 Å². The molecule has 1 aromatic heterocycles. The Hall–Kier alpha value is -3.43. The minimum atomic E-state index is -0.537. The number of amides is 2. The Balaban J connectivity index is 1.54. The van der Waals surface area contributed by atoms with Crippen LogP contribution in [0.1, 0.15) is 44.1 Å². The summed E-state index contributed by atoms with van der Waals surface area (Å²) >= 11 is 0. The van der Waals surface area contributed by atoms with E-state index < -0.39 is 10.5 Å². The summed E-state index contributed by atoms with van der Waals surface area (Å²) in [5.41, 5.74) is 0.319. The number of nitro benzene ring substituents is 1. The van der Waals surface area contributed by atoms with Crippen molar-refractivity contribution >= 4 is 17.7 Å². The van der Waals surface area contributed by atoms with Crippen molar-refractivity contribution in [3.05, 3.63) is 52.3 Å². The zero-order valence-corrected chi connectivity index (χ0v) is 17.2. The van der Waals surface area contributed by atoms with Crippen LogP contribution in [0.5, 0.6) is 0 Å². The van der Waals surface area contributed by atoms with E-state index in [9.17, 15) is 19.7 Å². The SMILES string of the molecule is CC(C)(C)OC(=O)N1CCC(NC(=O)c2ccn(-c3ccc([N+](=O)[O-])cc3)n2)CC1. The van der Waals surface area contributed by atoms with Crippen LogP contribution < -0.4 is 5.32 Å². The highest BCUT2D eigenvalue weighted by atomic mass is 16.6. The molecule has 30 heavy (non-hydrogen) atoms. The molecule has 160 valence electrons. The molecule has 2 heterocycles. The summed E-state index contributed by atoms with van der Waals surface area (Å²) in [6, 6.07) is 7.44. The van der Waals surface area contributed by atoms with Crippen molar-refractivity contribution in [3.8, 4) is 5.69 Å². The molecular formula is C20H25N5O5. The molecule has 0 atom stereocenters. The zero-order chi connectivity index (χ0) is 21.9. The monoisotopic (exact) mass is 415 g/mol. The van der Waals surface area contributed by atoms with E-state index in [1.807, 2.05) is 20.8 Å². The van der Waals surface area contributed by atoms with Gasteiger partial charge in [0.15, 0.2) is 5.69 Å². The number of nitrogens with zero attached hydrogens (tertiary/aromatic N) is 4. The highest BCUT2D eigenvalue weighted by Crippen LogP contribution is 2.17. The number of nitro groups is 1. The molecule has 0 unspecified atom stereocenters. The van der Waals surface area contributed by atoms with E-state index in [0.29, 0.717) is 31.6 Å². The number of nitrogens with one attached hydrogen (secondary N) is 1. The zero-order valence-electron chi connectivity index (χ0n) is 17.2. The average molecular weight is 415 g/mol. The summed E-state index contributed by atoms with van der Waals surface area (Å²) in [6.07, 6.45) is 2.55. The average Bonchev–Trinajstić information content (AvgIpc) is 3.17. The van der Waals surface area contributed by atoms with E-state index in [1.165, 1.54) is 16.8 Å². The second kappa shape index (κ2) is 8.52. The van der Waals surface area contributed by atoms with Gasteiger partial charge in [-0.3, -0.25) is 14.9 Å². The summed E-state index contributed by atoms with van der Waals surface area (Å²) in [5, 5.41) is 18.0.